The molecule has 1 aromatic carbocycles. The van der Waals surface area contributed by atoms with Gasteiger partial charge in [0.25, 0.3) is 5.91 Å². The quantitative estimate of drug-likeness (QED) is 0.819. The molecule has 0 radical (unpaired) electrons. The molecule has 0 unspecified atom stereocenters. The SMILES string of the molecule is Cc1cnc(N2CCN(C(=O)c3ccc(N4CCN(C)C4)cc3)CC2)c(C)c1. The van der Waals surface area contributed by atoms with E-state index in [4.69, 9.17) is 0 Å². The number of carbonyl (C=O) groups is 1. The molecule has 4 rings (SSSR count). The first-order valence-electron chi connectivity index (χ1n) is 10.0. The van der Waals surface area contributed by atoms with Gasteiger partial charge in [-0.15, -0.1) is 0 Å². The highest BCUT2D eigenvalue weighted by Crippen LogP contribution is 2.22. The van der Waals surface area contributed by atoms with Gasteiger partial charge in [-0.1, -0.05) is 6.07 Å². The Bertz CT molecular complexity index is 843. The first-order chi connectivity index (χ1) is 13.5. The van der Waals surface area contributed by atoms with Crippen LogP contribution in [0.5, 0.6) is 0 Å². The minimum absolute atomic E-state index is 0.123. The van der Waals surface area contributed by atoms with Crippen LogP contribution in [0.4, 0.5) is 11.5 Å². The van der Waals surface area contributed by atoms with E-state index in [9.17, 15) is 4.79 Å². The van der Waals surface area contributed by atoms with Crippen molar-refractivity contribution < 1.29 is 4.79 Å². The number of aryl methyl sites for hydroxylation is 2. The molecule has 3 heterocycles. The number of carbonyl (C=O) groups excluding carboxylic acids is 1. The third-order valence-electron chi connectivity index (χ3n) is 5.70. The van der Waals surface area contributed by atoms with Crippen LogP contribution in [-0.2, 0) is 0 Å². The number of piperazine rings is 1. The summed E-state index contributed by atoms with van der Waals surface area (Å²) in [5.74, 6) is 1.16. The molecule has 6 nitrogen and oxygen atoms in total. The molecule has 1 amide bonds. The van der Waals surface area contributed by atoms with Crippen molar-refractivity contribution in [2.45, 2.75) is 13.8 Å². The van der Waals surface area contributed by atoms with Gasteiger partial charge in [-0.2, -0.15) is 0 Å². The Morgan fingerprint density at radius 1 is 0.929 bits per heavy atom. The molecule has 2 saturated heterocycles. The maximum Gasteiger partial charge on any atom is 0.253 e. The van der Waals surface area contributed by atoms with Crippen LogP contribution in [0.25, 0.3) is 0 Å². The summed E-state index contributed by atoms with van der Waals surface area (Å²) in [5, 5.41) is 0. The zero-order valence-electron chi connectivity index (χ0n) is 17.1. The van der Waals surface area contributed by atoms with Crippen molar-refractivity contribution in [1.29, 1.82) is 0 Å². The second-order valence-corrected chi connectivity index (χ2v) is 7.96. The first kappa shape index (κ1) is 18.7. The average molecular weight is 380 g/mol. The Morgan fingerprint density at radius 2 is 1.61 bits per heavy atom. The monoisotopic (exact) mass is 379 g/mol. The highest BCUT2D eigenvalue weighted by Gasteiger charge is 2.24. The summed E-state index contributed by atoms with van der Waals surface area (Å²) in [6, 6.07) is 10.2. The summed E-state index contributed by atoms with van der Waals surface area (Å²) >= 11 is 0. The average Bonchev–Trinajstić information content (AvgIpc) is 3.14. The van der Waals surface area contributed by atoms with Gasteiger partial charge in [-0.25, -0.2) is 4.98 Å². The molecule has 2 aromatic rings. The van der Waals surface area contributed by atoms with Crippen molar-refractivity contribution in [3.05, 3.63) is 53.2 Å². The molecule has 148 valence electrons. The normalized spacial score (nSPS) is 18.0. The topological polar surface area (TPSA) is 42.9 Å². The molecule has 0 saturated carbocycles. The Kier molecular flexibility index (Phi) is 5.22. The van der Waals surface area contributed by atoms with Crippen LogP contribution in [0.3, 0.4) is 0 Å². The molecule has 6 heteroatoms. The minimum atomic E-state index is 0.123. The van der Waals surface area contributed by atoms with Crippen LogP contribution in [0.2, 0.25) is 0 Å². The molecule has 28 heavy (non-hydrogen) atoms. The third-order valence-corrected chi connectivity index (χ3v) is 5.70. The van der Waals surface area contributed by atoms with Gasteiger partial charge in [0.15, 0.2) is 0 Å². The summed E-state index contributed by atoms with van der Waals surface area (Å²) in [4.78, 5) is 26.4. The highest BCUT2D eigenvalue weighted by atomic mass is 16.2. The summed E-state index contributed by atoms with van der Waals surface area (Å²) < 4.78 is 0. The van der Waals surface area contributed by atoms with Crippen LogP contribution in [0, 0.1) is 13.8 Å². The maximum absolute atomic E-state index is 12.9. The lowest BCUT2D eigenvalue weighted by Crippen LogP contribution is -2.49. The number of nitrogens with zero attached hydrogens (tertiary/aromatic N) is 5. The van der Waals surface area contributed by atoms with Crippen LogP contribution in [-0.4, -0.2) is 73.7 Å². The van der Waals surface area contributed by atoms with E-state index in [0.717, 1.165) is 57.3 Å². The summed E-state index contributed by atoms with van der Waals surface area (Å²) in [7, 11) is 2.13. The van der Waals surface area contributed by atoms with Gasteiger partial charge in [0, 0.05) is 56.7 Å². The summed E-state index contributed by atoms with van der Waals surface area (Å²) in [6.45, 7) is 10.3. The van der Waals surface area contributed by atoms with E-state index in [-0.39, 0.29) is 5.91 Å². The molecular weight excluding hydrogens is 350 g/mol. The lowest BCUT2D eigenvalue weighted by molar-refractivity contribution is 0.0746. The Hall–Kier alpha value is -2.60. The molecule has 0 N–H and O–H groups in total. The van der Waals surface area contributed by atoms with Gasteiger partial charge in [-0.05, 0) is 56.3 Å². The molecule has 0 spiro atoms. The number of hydrogen-bond acceptors (Lipinski definition) is 5. The molecule has 2 aliphatic heterocycles. The first-order valence-corrected chi connectivity index (χ1v) is 10.0. The number of aromatic nitrogens is 1. The fraction of sp³-hybridized carbons (Fsp3) is 0.455. The molecule has 2 fully saturated rings. The Morgan fingerprint density at radius 3 is 2.21 bits per heavy atom. The van der Waals surface area contributed by atoms with Gasteiger partial charge < -0.3 is 14.7 Å². The van der Waals surface area contributed by atoms with Crippen LogP contribution >= 0.6 is 0 Å². The number of rotatable bonds is 3. The molecule has 0 aliphatic carbocycles. The van der Waals surface area contributed by atoms with Crippen molar-refractivity contribution >= 4 is 17.4 Å². The minimum Gasteiger partial charge on any atom is -0.357 e. The highest BCUT2D eigenvalue weighted by molar-refractivity contribution is 5.94. The Labute approximate surface area is 167 Å². The van der Waals surface area contributed by atoms with E-state index in [2.05, 4.69) is 58.8 Å². The maximum atomic E-state index is 12.9. The smallest absolute Gasteiger partial charge is 0.253 e. The number of amides is 1. The van der Waals surface area contributed by atoms with Crippen molar-refractivity contribution in [1.82, 2.24) is 14.8 Å². The van der Waals surface area contributed by atoms with Crippen LogP contribution in [0.15, 0.2) is 36.5 Å². The van der Waals surface area contributed by atoms with Crippen molar-refractivity contribution in [2.75, 3.05) is 62.8 Å². The van der Waals surface area contributed by atoms with Crippen molar-refractivity contribution in [3.63, 3.8) is 0 Å². The fourth-order valence-electron chi connectivity index (χ4n) is 4.09. The molecule has 2 aliphatic rings. The second kappa shape index (κ2) is 7.80. The van der Waals surface area contributed by atoms with Crippen molar-refractivity contribution in [2.24, 2.45) is 0 Å². The molecule has 1 aromatic heterocycles. The molecule has 0 bridgehead atoms. The number of pyridine rings is 1. The predicted octanol–water partition coefficient (Wildman–Crippen LogP) is 2.37. The van der Waals surface area contributed by atoms with Crippen molar-refractivity contribution in [3.8, 4) is 0 Å². The van der Waals surface area contributed by atoms with Gasteiger partial charge >= 0.3 is 0 Å². The second-order valence-electron chi connectivity index (χ2n) is 7.96. The van der Waals surface area contributed by atoms with Crippen LogP contribution in [0.1, 0.15) is 21.5 Å². The largest absolute Gasteiger partial charge is 0.357 e. The standard InChI is InChI=1S/C22H29N5O/c1-17-14-18(2)21(23-15-17)25-10-12-26(13-11-25)22(28)19-4-6-20(7-5-19)27-9-8-24(3)16-27/h4-7,14-15H,8-13,16H2,1-3H3. The fourth-order valence-corrected chi connectivity index (χ4v) is 4.09. The lowest BCUT2D eigenvalue weighted by atomic mass is 10.1. The van der Waals surface area contributed by atoms with Gasteiger partial charge in [0.2, 0.25) is 0 Å². The van der Waals surface area contributed by atoms with E-state index in [1.807, 2.05) is 23.2 Å². The van der Waals surface area contributed by atoms with Gasteiger partial charge in [-0.3, -0.25) is 9.69 Å². The number of likely N-dealkylation sites (N-methyl/N-ethyl adjacent to an activating group) is 1. The van der Waals surface area contributed by atoms with E-state index in [1.54, 1.807) is 0 Å². The third kappa shape index (κ3) is 3.83. The molecular formula is C22H29N5O. The predicted molar refractivity (Wildman–Crippen MR) is 113 cm³/mol. The lowest BCUT2D eigenvalue weighted by Gasteiger charge is -2.36. The summed E-state index contributed by atoms with van der Waals surface area (Å²) in [5.41, 5.74) is 4.34. The van der Waals surface area contributed by atoms with E-state index in [1.165, 1.54) is 16.8 Å². The number of benzene rings is 1. The number of anilines is 2. The van der Waals surface area contributed by atoms with Crippen LogP contribution < -0.4 is 9.80 Å². The van der Waals surface area contributed by atoms with E-state index < -0.39 is 0 Å². The van der Waals surface area contributed by atoms with Gasteiger partial charge in [0.05, 0.1) is 6.67 Å². The zero-order chi connectivity index (χ0) is 19.7. The Balaban J connectivity index is 1.37. The molecule has 0 atom stereocenters. The van der Waals surface area contributed by atoms with Gasteiger partial charge in [0.1, 0.15) is 5.82 Å². The van der Waals surface area contributed by atoms with E-state index >= 15 is 0 Å². The number of hydrogen-bond donors (Lipinski definition) is 0. The summed E-state index contributed by atoms with van der Waals surface area (Å²) in [6.07, 6.45) is 1.92. The zero-order valence-corrected chi connectivity index (χ0v) is 17.1. The van der Waals surface area contributed by atoms with E-state index in [0.29, 0.717) is 0 Å².